The van der Waals surface area contributed by atoms with Crippen LogP contribution in [-0.2, 0) is 0 Å². The van der Waals surface area contributed by atoms with E-state index in [2.05, 4.69) is 24.6 Å². The largest absolute Gasteiger partial charge is 0.262 e. The highest BCUT2D eigenvalue weighted by molar-refractivity contribution is 5.71. The predicted octanol–water partition coefficient (Wildman–Crippen LogP) is 2.95. The van der Waals surface area contributed by atoms with Gasteiger partial charge in [0, 0.05) is 11.9 Å². The van der Waals surface area contributed by atoms with Crippen LogP contribution < -0.4 is 0 Å². The number of aliphatic imine (C=N–C) groups is 1. The summed E-state index contributed by atoms with van der Waals surface area (Å²) in [6.45, 7) is 7.88. The van der Waals surface area contributed by atoms with Gasteiger partial charge in [-0.05, 0) is 18.9 Å². The van der Waals surface area contributed by atoms with Crippen LogP contribution in [0.25, 0.3) is 0 Å². The summed E-state index contributed by atoms with van der Waals surface area (Å²) in [5, 5.41) is 0. The minimum Gasteiger partial charge on any atom is -0.262 e. The second-order valence-corrected chi connectivity index (χ2v) is 2.03. The maximum atomic E-state index is 4.07. The second-order valence-electron chi connectivity index (χ2n) is 2.03. The van der Waals surface area contributed by atoms with E-state index in [0.29, 0.717) is 0 Å². The van der Waals surface area contributed by atoms with Crippen LogP contribution in [0.15, 0.2) is 29.4 Å². The summed E-state index contributed by atoms with van der Waals surface area (Å²) in [6.07, 6.45) is 7.78. The molecule has 0 saturated carbocycles. The lowest BCUT2D eigenvalue weighted by molar-refractivity contribution is 1.08. The fourth-order valence-electron chi connectivity index (χ4n) is 0.437. The molecule has 56 valence electrons. The van der Waals surface area contributed by atoms with E-state index in [0.717, 1.165) is 18.5 Å². The Hall–Kier alpha value is -0.850. The van der Waals surface area contributed by atoms with Crippen molar-refractivity contribution in [2.45, 2.75) is 26.7 Å². The Morgan fingerprint density at radius 2 is 2.20 bits per heavy atom. The number of hydrogen-bond acceptors (Lipinski definition) is 1. The van der Waals surface area contributed by atoms with Gasteiger partial charge in [0.05, 0.1) is 0 Å². The summed E-state index contributed by atoms with van der Waals surface area (Å²) >= 11 is 0. The van der Waals surface area contributed by atoms with Gasteiger partial charge in [-0.2, -0.15) is 0 Å². The van der Waals surface area contributed by atoms with Gasteiger partial charge in [-0.15, -0.1) is 0 Å². The SMILES string of the molecule is C=C(CC)N=C/C=C\CC. The molecule has 0 aliphatic rings. The molecule has 0 heterocycles. The Morgan fingerprint density at radius 3 is 2.70 bits per heavy atom. The zero-order valence-electron chi connectivity index (χ0n) is 6.80. The molecule has 0 spiro atoms. The molecule has 0 bridgehead atoms. The van der Waals surface area contributed by atoms with Gasteiger partial charge in [-0.25, -0.2) is 0 Å². The summed E-state index contributed by atoms with van der Waals surface area (Å²) in [5.74, 6) is 0. The second kappa shape index (κ2) is 6.27. The van der Waals surface area contributed by atoms with Crippen LogP contribution in [0.1, 0.15) is 26.7 Å². The van der Waals surface area contributed by atoms with Crippen LogP contribution in [-0.4, -0.2) is 6.21 Å². The number of hydrogen-bond donors (Lipinski definition) is 0. The quantitative estimate of drug-likeness (QED) is 0.528. The van der Waals surface area contributed by atoms with Gasteiger partial charge in [0.2, 0.25) is 0 Å². The Morgan fingerprint density at radius 1 is 1.50 bits per heavy atom. The van der Waals surface area contributed by atoms with Gasteiger partial charge < -0.3 is 0 Å². The molecule has 1 heteroatoms. The first-order valence-corrected chi connectivity index (χ1v) is 3.68. The Kier molecular flexibility index (Phi) is 5.74. The fourth-order valence-corrected chi connectivity index (χ4v) is 0.437. The van der Waals surface area contributed by atoms with Gasteiger partial charge in [0.1, 0.15) is 0 Å². The molecule has 0 N–H and O–H groups in total. The van der Waals surface area contributed by atoms with E-state index in [4.69, 9.17) is 0 Å². The standard InChI is InChI=1S/C9H15N/c1-4-6-7-8-10-9(3)5-2/h6-8H,3-5H2,1-2H3/b7-6-,10-8?. The van der Waals surface area contributed by atoms with E-state index < -0.39 is 0 Å². The van der Waals surface area contributed by atoms with Crippen molar-refractivity contribution in [1.29, 1.82) is 0 Å². The average Bonchev–Trinajstić information content (AvgIpc) is 1.98. The van der Waals surface area contributed by atoms with Crippen molar-refractivity contribution in [1.82, 2.24) is 0 Å². The van der Waals surface area contributed by atoms with Crippen LogP contribution in [0.4, 0.5) is 0 Å². The molecule has 0 saturated heterocycles. The van der Waals surface area contributed by atoms with Crippen molar-refractivity contribution < 1.29 is 0 Å². The Labute approximate surface area is 63.2 Å². The molecule has 0 aromatic carbocycles. The molecule has 0 aliphatic carbocycles. The van der Waals surface area contributed by atoms with Crippen LogP contribution in [0, 0.1) is 0 Å². The molecule has 0 aromatic heterocycles. The van der Waals surface area contributed by atoms with Crippen molar-refractivity contribution >= 4 is 6.21 Å². The first kappa shape index (κ1) is 9.15. The van der Waals surface area contributed by atoms with E-state index in [9.17, 15) is 0 Å². The molecule has 0 unspecified atom stereocenters. The van der Waals surface area contributed by atoms with E-state index in [1.54, 1.807) is 6.21 Å². The number of allylic oxidation sites excluding steroid dienone is 3. The van der Waals surface area contributed by atoms with Crippen LogP contribution in [0.3, 0.4) is 0 Å². The molecule has 0 radical (unpaired) electrons. The minimum atomic E-state index is 0.927. The van der Waals surface area contributed by atoms with E-state index in [-0.39, 0.29) is 0 Å². The highest BCUT2D eigenvalue weighted by atomic mass is 14.7. The third-order valence-corrected chi connectivity index (χ3v) is 1.12. The molecule has 0 amide bonds. The third-order valence-electron chi connectivity index (χ3n) is 1.12. The molecule has 1 nitrogen and oxygen atoms in total. The summed E-state index contributed by atoms with van der Waals surface area (Å²) in [6, 6.07) is 0. The fraction of sp³-hybridized carbons (Fsp3) is 0.444. The van der Waals surface area contributed by atoms with Crippen molar-refractivity contribution in [2.75, 3.05) is 0 Å². The first-order valence-electron chi connectivity index (χ1n) is 3.68. The molecule has 0 atom stereocenters. The van der Waals surface area contributed by atoms with Crippen LogP contribution in [0.5, 0.6) is 0 Å². The zero-order valence-corrected chi connectivity index (χ0v) is 6.80. The number of rotatable bonds is 4. The first-order chi connectivity index (χ1) is 4.81. The summed E-state index contributed by atoms with van der Waals surface area (Å²) in [7, 11) is 0. The minimum absolute atomic E-state index is 0.927. The lowest BCUT2D eigenvalue weighted by atomic mass is 10.4. The average molecular weight is 137 g/mol. The van der Waals surface area contributed by atoms with Gasteiger partial charge in [-0.3, -0.25) is 4.99 Å². The summed E-state index contributed by atoms with van der Waals surface area (Å²) < 4.78 is 0. The molecule has 0 fully saturated rings. The predicted molar refractivity (Wildman–Crippen MR) is 47.4 cm³/mol. The maximum Gasteiger partial charge on any atom is 0.0329 e. The van der Waals surface area contributed by atoms with Crippen molar-refractivity contribution in [2.24, 2.45) is 4.99 Å². The van der Waals surface area contributed by atoms with Gasteiger partial charge in [0.15, 0.2) is 0 Å². The molecule has 0 aliphatic heterocycles. The molecular formula is C9H15N. The van der Waals surface area contributed by atoms with Gasteiger partial charge >= 0.3 is 0 Å². The monoisotopic (exact) mass is 137 g/mol. The highest BCUT2D eigenvalue weighted by Gasteiger charge is 1.77. The lowest BCUT2D eigenvalue weighted by Gasteiger charge is -1.87. The lowest BCUT2D eigenvalue weighted by Crippen LogP contribution is -1.71. The maximum absolute atomic E-state index is 4.07. The van der Waals surface area contributed by atoms with E-state index in [1.165, 1.54) is 0 Å². The normalized spacial score (nSPS) is 11.4. The number of nitrogens with zero attached hydrogens (tertiary/aromatic N) is 1. The smallest absolute Gasteiger partial charge is 0.0329 e. The molecule has 10 heavy (non-hydrogen) atoms. The summed E-state index contributed by atoms with van der Waals surface area (Å²) in [4.78, 5) is 4.07. The van der Waals surface area contributed by atoms with Crippen LogP contribution in [0.2, 0.25) is 0 Å². The van der Waals surface area contributed by atoms with Gasteiger partial charge in [-0.1, -0.05) is 26.5 Å². The topological polar surface area (TPSA) is 12.4 Å². The van der Waals surface area contributed by atoms with Crippen LogP contribution >= 0.6 is 0 Å². The Bertz CT molecular complexity index is 143. The molecular weight excluding hydrogens is 122 g/mol. The third kappa shape index (κ3) is 5.29. The summed E-state index contributed by atoms with van der Waals surface area (Å²) in [5.41, 5.74) is 0.931. The van der Waals surface area contributed by atoms with Crippen molar-refractivity contribution in [3.05, 3.63) is 24.4 Å². The molecule has 0 rings (SSSR count). The van der Waals surface area contributed by atoms with Gasteiger partial charge in [0.25, 0.3) is 0 Å². The highest BCUT2D eigenvalue weighted by Crippen LogP contribution is 1.95. The van der Waals surface area contributed by atoms with Crippen molar-refractivity contribution in [3.8, 4) is 0 Å². The van der Waals surface area contributed by atoms with Crippen molar-refractivity contribution in [3.63, 3.8) is 0 Å². The Balaban J connectivity index is 3.55. The molecule has 0 aromatic rings. The zero-order chi connectivity index (χ0) is 7.82. The van der Waals surface area contributed by atoms with E-state index >= 15 is 0 Å². The van der Waals surface area contributed by atoms with E-state index in [1.807, 2.05) is 13.0 Å².